The number of hydrogen-bond donors (Lipinski definition) is 0. The molecule has 0 spiro atoms. The summed E-state index contributed by atoms with van der Waals surface area (Å²) in [6, 6.07) is 49.5. The van der Waals surface area contributed by atoms with Crippen LogP contribution in [0.5, 0.6) is 11.5 Å². The van der Waals surface area contributed by atoms with Crippen LogP contribution >= 0.6 is 0 Å². The maximum Gasteiger partial charge on any atom is 0.268 e. The van der Waals surface area contributed by atoms with E-state index in [4.69, 9.17) is 14.1 Å². The van der Waals surface area contributed by atoms with E-state index in [2.05, 4.69) is 179 Å². The van der Waals surface area contributed by atoms with Crippen LogP contribution in [0.3, 0.4) is 0 Å². The molecule has 0 radical (unpaired) electrons. The first-order chi connectivity index (χ1) is 28.6. The predicted octanol–water partition coefficient (Wildman–Crippen LogP) is 13.4. The van der Waals surface area contributed by atoms with Crippen molar-refractivity contribution in [1.29, 1.82) is 0 Å². The first-order valence-electron chi connectivity index (χ1n) is 20.7. The first kappa shape index (κ1) is 40.4. The van der Waals surface area contributed by atoms with Gasteiger partial charge in [-0.1, -0.05) is 122 Å². The Bertz CT molecular complexity index is 3280. The summed E-state index contributed by atoms with van der Waals surface area (Å²) in [7, 11) is 0. The first-order valence-corrected chi connectivity index (χ1v) is 20.7. The molecule has 6 aromatic carbocycles. The largest absolute Gasteiger partial charge is 0.510 e. The van der Waals surface area contributed by atoms with Crippen LogP contribution in [0.1, 0.15) is 79.0 Å². The van der Waals surface area contributed by atoms with E-state index in [1.54, 1.807) is 0 Å². The van der Waals surface area contributed by atoms with Gasteiger partial charge in [-0.15, -0.1) is 29.7 Å². The van der Waals surface area contributed by atoms with Gasteiger partial charge in [0.1, 0.15) is 17.0 Å². The minimum atomic E-state index is -0.0689. The Morgan fingerprint density at radius 2 is 1.30 bits per heavy atom. The van der Waals surface area contributed by atoms with Crippen molar-refractivity contribution in [2.75, 3.05) is 0 Å². The molecule has 10 aromatic rings. The fraction of sp³-hybridized carbons (Fsp3) is 0.222. The summed E-state index contributed by atoms with van der Waals surface area (Å²) in [6.45, 7) is 20.3. The van der Waals surface area contributed by atoms with Crippen molar-refractivity contribution < 1.29 is 34.8 Å². The van der Waals surface area contributed by atoms with Crippen LogP contribution in [0.15, 0.2) is 132 Å². The molecule has 4 heterocycles. The summed E-state index contributed by atoms with van der Waals surface area (Å²) in [6.07, 6.45) is 5.60. The van der Waals surface area contributed by atoms with Crippen LogP contribution in [0.2, 0.25) is 0 Å². The Hall–Kier alpha value is -5.97. The fourth-order valence-electron chi connectivity index (χ4n) is 8.29. The summed E-state index contributed by atoms with van der Waals surface area (Å²) < 4.78 is 19.5. The van der Waals surface area contributed by atoms with Gasteiger partial charge in [0.05, 0.1) is 27.6 Å². The standard InChI is InChI=1S/C54H48N4O2.Pt/c1-52(2,3)34-25-26-55-49(30-34)58-46-32-40(21-22-41(46)42-23-24-48-50(51(42)58)43-17-10-13-20-47(43)60-48)59-39-16-14-15-37(31-39)56-33-57(45-19-12-11-18-44(45)56)38-28-35(53(4,5)6)27-36(29-38)54(7,8)9;/h10-30H,1-9H3;/q-2;. The van der Waals surface area contributed by atoms with E-state index in [9.17, 15) is 0 Å². The second-order valence-corrected chi connectivity index (χ2v) is 19.0. The Morgan fingerprint density at radius 1 is 0.607 bits per heavy atom. The number of hydrogen-bond acceptors (Lipinski definition) is 3. The van der Waals surface area contributed by atoms with Gasteiger partial charge in [0, 0.05) is 44.1 Å². The summed E-state index contributed by atoms with van der Waals surface area (Å²) in [4.78, 5) is 4.96. The molecule has 0 amide bonds. The molecule has 0 atom stereocenters. The number of ether oxygens (including phenoxy) is 1. The van der Waals surface area contributed by atoms with E-state index in [0.717, 1.165) is 72.0 Å². The van der Waals surface area contributed by atoms with Crippen molar-refractivity contribution in [3.8, 4) is 28.7 Å². The van der Waals surface area contributed by atoms with E-state index in [0.29, 0.717) is 11.5 Å². The molecule has 0 aliphatic carbocycles. The molecule has 0 unspecified atom stereocenters. The molecule has 0 N–H and O–H groups in total. The second-order valence-electron chi connectivity index (χ2n) is 19.0. The summed E-state index contributed by atoms with van der Waals surface area (Å²) in [5, 5.41) is 4.25. The molecule has 7 heteroatoms. The van der Waals surface area contributed by atoms with E-state index in [1.165, 1.54) is 16.7 Å². The zero-order valence-electron chi connectivity index (χ0n) is 36.0. The van der Waals surface area contributed by atoms with Crippen molar-refractivity contribution in [1.82, 2.24) is 14.1 Å². The topological polar surface area (TPSA) is 49.0 Å². The van der Waals surface area contributed by atoms with Crippen molar-refractivity contribution in [2.45, 2.75) is 78.6 Å². The number of para-hydroxylation sites is 3. The monoisotopic (exact) mass is 979 g/mol. The van der Waals surface area contributed by atoms with Gasteiger partial charge in [-0.2, -0.15) is 18.2 Å². The number of furan rings is 1. The molecule has 308 valence electrons. The molecule has 0 aliphatic heterocycles. The Labute approximate surface area is 371 Å². The number of aromatic nitrogens is 4. The third-order valence-electron chi connectivity index (χ3n) is 11.7. The smallest absolute Gasteiger partial charge is 0.268 e. The van der Waals surface area contributed by atoms with Crippen LogP contribution in [0.4, 0.5) is 0 Å². The molecule has 6 nitrogen and oxygen atoms in total. The Balaban J connectivity index is 0.00000476. The molecule has 0 aliphatic rings. The maximum absolute atomic E-state index is 6.67. The third-order valence-corrected chi connectivity index (χ3v) is 11.7. The zero-order chi connectivity index (χ0) is 41.7. The number of pyridine rings is 1. The minimum absolute atomic E-state index is 0. The molecular weight excluding hydrogens is 932 g/mol. The average molecular weight is 980 g/mol. The van der Waals surface area contributed by atoms with Gasteiger partial charge < -0.3 is 18.3 Å². The molecular formula is C54H48N4O2Pt-2. The molecule has 0 saturated heterocycles. The van der Waals surface area contributed by atoms with Gasteiger partial charge in [0.15, 0.2) is 0 Å². The third kappa shape index (κ3) is 7.05. The van der Waals surface area contributed by atoms with Crippen molar-refractivity contribution in [3.05, 3.63) is 163 Å². The molecule has 4 aromatic heterocycles. The van der Waals surface area contributed by atoms with E-state index < -0.39 is 0 Å². The van der Waals surface area contributed by atoms with Crippen molar-refractivity contribution >= 4 is 54.8 Å². The van der Waals surface area contributed by atoms with Gasteiger partial charge in [-0.05, 0) is 80.4 Å². The van der Waals surface area contributed by atoms with Gasteiger partial charge >= 0.3 is 0 Å². The van der Waals surface area contributed by atoms with Gasteiger partial charge in [-0.3, -0.25) is 4.57 Å². The van der Waals surface area contributed by atoms with Gasteiger partial charge in [-0.25, -0.2) is 4.98 Å². The van der Waals surface area contributed by atoms with Gasteiger partial charge in [0.25, 0.3) is 6.33 Å². The summed E-state index contributed by atoms with van der Waals surface area (Å²) in [5.41, 5.74) is 11.2. The van der Waals surface area contributed by atoms with Crippen LogP contribution in [0.25, 0.3) is 72.0 Å². The molecule has 0 fully saturated rings. The minimum Gasteiger partial charge on any atom is -0.510 e. The van der Waals surface area contributed by atoms with Gasteiger partial charge in [0.2, 0.25) is 0 Å². The molecule has 0 bridgehead atoms. The van der Waals surface area contributed by atoms with Crippen LogP contribution < -0.4 is 9.30 Å². The van der Waals surface area contributed by atoms with Crippen molar-refractivity contribution in [3.63, 3.8) is 0 Å². The molecule has 10 rings (SSSR count). The summed E-state index contributed by atoms with van der Waals surface area (Å²) >= 11 is 0. The van der Waals surface area contributed by atoms with Crippen LogP contribution in [-0.4, -0.2) is 14.1 Å². The number of nitrogens with zero attached hydrogens (tertiary/aromatic N) is 4. The number of fused-ring (bicyclic) bond motifs is 8. The van der Waals surface area contributed by atoms with E-state index >= 15 is 0 Å². The maximum atomic E-state index is 6.67. The molecule has 61 heavy (non-hydrogen) atoms. The molecule has 0 saturated carbocycles. The van der Waals surface area contributed by atoms with Crippen LogP contribution in [-0.2, 0) is 37.3 Å². The van der Waals surface area contributed by atoms with E-state index in [1.807, 2.05) is 42.6 Å². The quantitative estimate of drug-likeness (QED) is 0.128. The number of rotatable bonds is 5. The predicted molar refractivity (Wildman–Crippen MR) is 243 cm³/mol. The number of benzene rings is 6. The van der Waals surface area contributed by atoms with Crippen molar-refractivity contribution in [2.24, 2.45) is 0 Å². The SMILES string of the molecule is CC(C)(C)c1cc(-[n+]2[c-]n(-c3[c-]c(Oc4[c-]c5c(cc4)c4ccc6oc7ccccc7c6c4n5-c4cc(C(C)(C)C)ccn4)ccc3)c3ccccc32)cc(C(C)(C)C)c1.[Pt]. The normalized spacial score (nSPS) is 12.5. The summed E-state index contributed by atoms with van der Waals surface area (Å²) in [5.74, 6) is 1.96. The second kappa shape index (κ2) is 14.6. The van der Waals surface area contributed by atoms with E-state index in [-0.39, 0.29) is 37.3 Å². The van der Waals surface area contributed by atoms with Crippen LogP contribution in [0, 0.1) is 18.5 Å². The Morgan fingerprint density at radius 3 is 2.05 bits per heavy atom. The number of imidazole rings is 1. The zero-order valence-corrected chi connectivity index (χ0v) is 38.3. The average Bonchev–Trinajstić information content (AvgIpc) is 3.89. The Kier molecular flexibility index (Phi) is 9.67. The fourth-order valence-corrected chi connectivity index (χ4v) is 8.29.